The van der Waals surface area contributed by atoms with Gasteiger partial charge in [0, 0.05) is 37.4 Å². The molecule has 0 bridgehead atoms. The predicted molar refractivity (Wildman–Crippen MR) is 140 cm³/mol. The fourth-order valence-corrected chi connectivity index (χ4v) is 3.14. The van der Waals surface area contributed by atoms with Gasteiger partial charge in [-0.2, -0.15) is 0 Å². The zero-order valence-corrected chi connectivity index (χ0v) is 23.7. The van der Waals surface area contributed by atoms with E-state index >= 15 is 0 Å². The van der Waals surface area contributed by atoms with E-state index < -0.39 is 5.41 Å². The molecule has 0 rings (SSSR count). The van der Waals surface area contributed by atoms with Gasteiger partial charge in [-0.05, 0) is 55.4 Å². The Bertz CT molecular complexity index is 551. The number of ether oxygens (including phenoxy) is 4. The number of rotatable bonds is 21. The maximum absolute atomic E-state index is 12.0. The number of amides is 3. The maximum atomic E-state index is 12.0. The first-order chi connectivity index (χ1) is 16.8. The average molecular weight is 518 g/mol. The molecule has 36 heavy (non-hydrogen) atoms. The van der Waals surface area contributed by atoms with Crippen LogP contribution in [0.3, 0.4) is 0 Å². The number of carbonyl (C=O) groups excluding carboxylic acids is 3. The minimum atomic E-state index is -0.665. The maximum Gasteiger partial charge on any atom is 0.222 e. The molecule has 0 aromatic heterocycles. The smallest absolute Gasteiger partial charge is 0.222 e. The van der Waals surface area contributed by atoms with E-state index in [9.17, 15) is 14.4 Å². The zero-order valence-electron chi connectivity index (χ0n) is 23.7. The second-order valence-electron chi connectivity index (χ2n) is 10.4. The molecule has 0 saturated heterocycles. The molecule has 0 aliphatic carbocycles. The molecule has 0 aromatic carbocycles. The first-order valence-electron chi connectivity index (χ1n) is 13.1. The van der Waals surface area contributed by atoms with Crippen molar-refractivity contribution >= 4 is 17.7 Å². The molecule has 3 N–H and O–H groups in total. The lowest BCUT2D eigenvalue weighted by Gasteiger charge is -2.33. The third kappa shape index (κ3) is 19.4. The molecule has 0 heterocycles. The molecule has 0 aromatic rings. The van der Waals surface area contributed by atoms with Crippen molar-refractivity contribution in [3.63, 3.8) is 0 Å². The van der Waals surface area contributed by atoms with Crippen LogP contribution in [-0.4, -0.2) is 88.2 Å². The predicted octanol–water partition coefficient (Wildman–Crippen LogP) is 2.19. The highest BCUT2D eigenvalue weighted by Gasteiger charge is 2.33. The van der Waals surface area contributed by atoms with Crippen LogP contribution in [0.2, 0.25) is 0 Å². The number of nitrogens with one attached hydrogen (secondary N) is 3. The van der Waals surface area contributed by atoms with Crippen molar-refractivity contribution in [3.8, 4) is 0 Å². The molecular formula is C26H51N3O7. The molecule has 10 nitrogen and oxygen atoms in total. The van der Waals surface area contributed by atoms with Gasteiger partial charge in [-0.1, -0.05) is 0 Å². The molecule has 0 unspecified atom stereocenters. The van der Waals surface area contributed by atoms with Gasteiger partial charge in [-0.3, -0.25) is 14.4 Å². The monoisotopic (exact) mass is 517 g/mol. The summed E-state index contributed by atoms with van der Waals surface area (Å²) in [6.45, 7) is 17.1. The molecule has 212 valence electrons. The summed E-state index contributed by atoms with van der Waals surface area (Å²) >= 11 is 0. The summed E-state index contributed by atoms with van der Waals surface area (Å²) in [5.74, 6) is -0.225. The fraction of sp³-hybridized carbons (Fsp3) is 0.885. The van der Waals surface area contributed by atoms with Gasteiger partial charge >= 0.3 is 0 Å². The second-order valence-corrected chi connectivity index (χ2v) is 10.4. The average Bonchev–Trinajstić information content (AvgIpc) is 2.74. The van der Waals surface area contributed by atoms with Crippen LogP contribution >= 0.6 is 0 Å². The molecule has 0 aliphatic heterocycles. The number of carbonyl (C=O) groups is 3. The molecule has 0 atom stereocenters. The summed E-state index contributed by atoms with van der Waals surface area (Å²) in [5, 5.41) is 8.53. The summed E-state index contributed by atoms with van der Waals surface area (Å²) in [6.07, 6.45) is 0.707. The van der Waals surface area contributed by atoms with E-state index in [4.69, 9.17) is 18.9 Å². The van der Waals surface area contributed by atoms with Crippen molar-refractivity contribution in [1.82, 2.24) is 16.0 Å². The van der Waals surface area contributed by atoms with Gasteiger partial charge in [0.15, 0.2) is 0 Å². The first-order valence-corrected chi connectivity index (χ1v) is 13.1. The summed E-state index contributed by atoms with van der Waals surface area (Å²) in [4.78, 5) is 35.9. The highest BCUT2D eigenvalue weighted by Crippen LogP contribution is 2.22. The lowest BCUT2D eigenvalue weighted by atomic mass is 9.92. The van der Waals surface area contributed by atoms with Crippen molar-refractivity contribution in [3.05, 3.63) is 0 Å². The van der Waals surface area contributed by atoms with E-state index in [0.717, 1.165) is 0 Å². The van der Waals surface area contributed by atoms with Gasteiger partial charge in [0.05, 0.1) is 57.8 Å². The van der Waals surface area contributed by atoms with Crippen LogP contribution in [-0.2, 0) is 33.3 Å². The summed E-state index contributed by atoms with van der Waals surface area (Å²) in [6, 6.07) is 0.205. The number of hydrogen-bond donors (Lipinski definition) is 3. The van der Waals surface area contributed by atoms with E-state index in [2.05, 4.69) is 16.0 Å². The van der Waals surface area contributed by atoms with Gasteiger partial charge in [0.25, 0.3) is 0 Å². The van der Waals surface area contributed by atoms with Crippen LogP contribution in [0, 0.1) is 5.41 Å². The van der Waals surface area contributed by atoms with Gasteiger partial charge in [0.2, 0.25) is 17.7 Å². The Hall–Kier alpha value is -1.75. The summed E-state index contributed by atoms with van der Waals surface area (Å²) < 4.78 is 23.6. The lowest BCUT2D eigenvalue weighted by molar-refractivity contribution is -0.130. The van der Waals surface area contributed by atoms with Crippen LogP contribution in [0.1, 0.15) is 74.7 Å². The van der Waals surface area contributed by atoms with Gasteiger partial charge in [-0.25, -0.2) is 0 Å². The minimum absolute atomic E-state index is 0.0187. The lowest BCUT2D eigenvalue weighted by Crippen LogP contribution is -2.43. The van der Waals surface area contributed by atoms with Crippen LogP contribution < -0.4 is 16.0 Å². The normalized spacial score (nSPS) is 12.0. The minimum Gasteiger partial charge on any atom is -0.380 e. The molecule has 0 fully saturated rings. The van der Waals surface area contributed by atoms with Crippen molar-refractivity contribution in [2.75, 3.05) is 46.2 Å². The summed E-state index contributed by atoms with van der Waals surface area (Å²) in [7, 11) is 0. The molecule has 0 saturated carbocycles. The quantitative estimate of drug-likeness (QED) is 0.199. The van der Waals surface area contributed by atoms with Crippen molar-refractivity contribution in [2.45, 2.75) is 98.9 Å². The Morgan fingerprint density at radius 1 is 0.556 bits per heavy atom. The zero-order chi connectivity index (χ0) is 27.6. The van der Waals surface area contributed by atoms with Gasteiger partial charge in [0.1, 0.15) is 0 Å². The topological polar surface area (TPSA) is 124 Å². The standard InChI is InChI=1S/C26H51N3O7/c1-19(2)27-23(30)9-12-33-15-26(18-36-22(7)8,16-34-13-10-24(31)28-20(3)4)17-35-14-11-25(32)29-21(5)6/h19-22H,9-18H2,1-8H3,(H,27,30)(H,28,31)(H,29,32). The van der Waals surface area contributed by atoms with E-state index in [-0.39, 0.29) is 101 Å². The Morgan fingerprint density at radius 3 is 1.11 bits per heavy atom. The van der Waals surface area contributed by atoms with Crippen molar-refractivity contribution in [2.24, 2.45) is 5.41 Å². The highest BCUT2D eigenvalue weighted by atomic mass is 16.5. The fourth-order valence-electron chi connectivity index (χ4n) is 3.14. The molecule has 10 heteroatoms. The second kappa shape index (κ2) is 19.4. The van der Waals surface area contributed by atoms with Crippen LogP contribution in [0.15, 0.2) is 0 Å². The van der Waals surface area contributed by atoms with Crippen molar-refractivity contribution in [1.29, 1.82) is 0 Å². The molecule has 0 spiro atoms. The van der Waals surface area contributed by atoms with E-state index in [1.807, 2.05) is 55.4 Å². The molecule has 0 radical (unpaired) electrons. The van der Waals surface area contributed by atoms with Crippen LogP contribution in [0.25, 0.3) is 0 Å². The van der Waals surface area contributed by atoms with Gasteiger partial charge < -0.3 is 34.9 Å². The Morgan fingerprint density at radius 2 is 0.861 bits per heavy atom. The van der Waals surface area contributed by atoms with Gasteiger partial charge in [-0.15, -0.1) is 0 Å². The largest absolute Gasteiger partial charge is 0.380 e. The first kappa shape index (κ1) is 34.2. The SMILES string of the molecule is CC(C)NC(=O)CCOCC(COCCC(=O)NC(C)C)(COCCC(=O)NC(C)C)COC(C)C. The number of hydrogen-bond acceptors (Lipinski definition) is 7. The Balaban J connectivity index is 5.09. The Kier molecular flexibility index (Phi) is 18.4. The van der Waals surface area contributed by atoms with E-state index in [1.165, 1.54) is 0 Å². The van der Waals surface area contributed by atoms with Crippen LogP contribution in [0.4, 0.5) is 0 Å². The summed E-state index contributed by atoms with van der Waals surface area (Å²) in [5.41, 5.74) is -0.665. The van der Waals surface area contributed by atoms with Crippen LogP contribution in [0.5, 0.6) is 0 Å². The molecule has 3 amide bonds. The Labute approximate surface area is 217 Å². The van der Waals surface area contributed by atoms with Crippen molar-refractivity contribution < 1.29 is 33.3 Å². The van der Waals surface area contributed by atoms with E-state index in [1.54, 1.807) is 0 Å². The molecule has 0 aliphatic rings. The third-order valence-electron chi connectivity index (χ3n) is 4.72. The highest BCUT2D eigenvalue weighted by molar-refractivity contribution is 5.76. The molecular weight excluding hydrogens is 466 g/mol. The third-order valence-corrected chi connectivity index (χ3v) is 4.72. The van der Waals surface area contributed by atoms with E-state index in [0.29, 0.717) is 6.61 Å².